The van der Waals surface area contributed by atoms with Crippen molar-refractivity contribution in [3.05, 3.63) is 0 Å². The van der Waals surface area contributed by atoms with E-state index in [1.807, 2.05) is 0 Å². The normalized spacial score (nSPS) is 25.4. The van der Waals surface area contributed by atoms with Gasteiger partial charge in [0.25, 0.3) is 0 Å². The summed E-state index contributed by atoms with van der Waals surface area (Å²) in [5.74, 6) is -3.81. The first-order valence-electron chi connectivity index (χ1n) is 4.98. The summed E-state index contributed by atoms with van der Waals surface area (Å²) < 4.78 is 41.1. The topological polar surface area (TPSA) is 75.6 Å². The van der Waals surface area contributed by atoms with Crippen molar-refractivity contribution in [2.24, 2.45) is 5.92 Å². The van der Waals surface area contributed by atoms with Gasteiger partial charge in [-0.1, -0.05) is 0 Å². The maximum atomic E-state index is 12.0. The number of hydrogen-bond donors (Lipinski definition) is 2. The molecule has 1 aliphatic heterocycles. The van der Waals surface area contributed by atoms with Gasteiger partial charge >= 0.3 is 18.1 Å². The van der Waals surface area contributed by atoms with E-state index in [-0.39, 0.29) is 26.1 Å². The van der Waals surface area contributed by atoms with Crippen molar-refractivity contribution in [2.45, 2.75) is 25.1 Å². The van der Waals surface area contributed by atoms with Crippen LogP contribution in [0.3, 0.4) is 0 Å². The zero-order chi connectivity index (χ0) is 13.1. The molecule has 1 heterocycles. The monoisotopic (exact) mass is 255 g/mol. The molecule has 17 heavy (non-hydrogen) atoms. The quantitative estimate of drug-likeness (QED) is 0.772. The molecule has 0 saturated carbocycles. The summed E-state index contributed by atoms with van der Waals surface area (Å²) in [6.45, 7) is 0.244. The Morgan fingerprint density at radius 1 is 1.41 bits per heavy atom. The molecule has 8 heteroatoms. The number of amides is 1. The van der Waals surface area contributed by atoms with Crippen LogP contribution in [-0.4, -0.2) is 42.4 Å². The van der Waals surface area contributed by atoms with Crippen LogP contribution in [0.5, 0.6) is 0 Å². The van der Waals surface area contributed by atoms with Crippen LogP contribution in [-0.2, 0) is 14.3 Å². The van der Waals surface area contributed by atoms with Gasteiger partial charge in [-0.3, -0.25) is 9.59 Å². The summed E-state index contributed by atoms with van der Waals surface area (Å²) in [5.41, 5.74) is 0. The third-order valence-electron chi connectivity index (χ3n) is 2.48. The van der Waals surface area contributed by atoms with E-state index in [4.69, 9.17) is 9.84 Å². The number of carbonyl (C=O) groups is 2. The summed E-state index contributed by atoms with van der Waals surface area (Å²) in [6.07, 6.45) is -5.10. The molecule has 98 valence electrons. The number of aliphatic carboxylic acids is 1. The van der Waals surface area contributed by atoms with Gasteiger partial charge in [0, 0.05) is 18.6 Å². The molecule has 0 spiro atoms. The van der Waals surface area contributed by atoms with E-state index in [9.17, 15) is 22.8 Å². The molecule has 0 radical (unpaired) electrons. The van der Waals surface area contributed by atoms with E-state index >= 15 is 0 Å². The van der Waals surface area contributed by atoms with E-state index in [1.165, 1.54) is 0 Å². The molecule has 2 N–H and O–H groups in total. The second-order valence-corrected chi connectivity index (χ2v) is 3.80. The number of hydrogen-bond acceptors (Lipinski definition) is 3. The van der Waals surface area contributed by atoms with Crippen molar-refractivity contribution < 1.29 is 32.6 Å². The summed E-state index contributed by atoms with van der Waals surface area (Å²) in [4.78, 5) is 21.2. The number of halogens is 3. The summed E-state index contributed by atoms with van der Waals surface area (Å²) >= 11 is 0. The fourth-order valence-corrected chi connectivity index (χ4v) is 1.66. The molecule has 1 amide bonds. The largest absolute Gasteiger partial charge is 0.481 e. The fraction of sp³-hybridized carbons (Fsp3) is 0.778. The second kappa shape index (κ2) is 5.35. The number of rotatable bonds is 3. The molecule has 0 aromatic heterocycles. The molecule has 5 nitrogen and oxygen atoms in total. The molecule has 0 aromatic rings. The summed E-state index contributed by atoms with van der Waals surface area (Å²) in [6, 6.07) is -0.811. The van der Waals surface area contributed by atoms with Gasteiger partial charge in [0.1, 0.15) is 0 Å². The minimum Gasteiger partial charge on any atom is -0.481 e. The van der Waals surface area contributed by atoms with Gasteiger partial charge in [0.2, 0.25) is 0 Å². The van der Waals surface area contributed by atoms with Gasteiger partial charge in [0.15, 0.2) is 0 Å². The number of carboxylic acid groups (broad SMARTS) is 1. The van der Waals surface area contributed by atoms with Gasteiger partial charge in [-0.25, -0.2) is 0 Å². The highest BCUT2D eigenvalue weighted by atomic mass is 19.4. The van der Waals surface area contributed by atoms with Gasteiger partial charge in [-0.05, 0) is 6.42 Å². The minimum absolute atomic E-state index is 0.0368. The number of carbonyl (C=O) groups excluding carboxylic acids is 1. The second-order valence-electron chi connectivity index (χ2n) is 3.80. The number of carboxylic acids is 1. The Balaban J connectivity index is 2.59. The molecule has 0 bridgehead atoms. The smallest absolute Gasteiger partial charge is 0.471 e. The lowest BCUT2D eigenvalue weighted by Gasteiger charge is -2.31. The molecule has 0 aliphatic carbocycles. The molecule has 1 saturated heterocycles. The number of alkyl halides is 3. The zero-order valence-corrected chi connectivity index (χ0v) is 8.79. The standard InChI is InChI=1S/C9H12F3NO4/c10-9(11,12)8(16)13-6-1-2-17-4-5(6)3-7(14)15/h5-6H,1-4H2,(H,13,16)(H,14,15). The van der Waals surface area contributed by atoms with E-state index in [2.05, 4.69) is 0 Å². The van der Waals surface area contributed by atoms with Crippen LogP contribution < -0.4 is 5.32 Å². The lowest BCUT2D eigenvalue weighted by Crippen LogP contribution is -2.50. The molecular weight excluding hydrogens is 243 g/mol. The average molecular weight is 255 g/mol. The van der Waals surface area contributed by atoms with Crippen molar-refractivity contribution in [2.75, 3.05) is 13.2 Å². The molecule has 1 aliphatic rings. The number of nitrogens with one attached hydrogen (secondary N) is 1. The van der Waals surface area contributed by atoms with Gasteiger partial charge in [-0.15, -0.1) is 0 Å². The Morgan fingerprint density at radius 2 is 2.06 bits per heavy atom. The van der Waals surface area contributed by atoms with Crippen molar-refractivity contribution in [3.8, 4) is 0 Å². The SMILES string of the molecule is O=C(O)CC1COCCC1NC(=O)C(F)(F)F. The zero-order valence-electron chi connectivity index (χ0n) is 8.79. The van der Waals surface area contributed by atoms with Crippen molar-refractivity contribution >= 4 is 11.9 Å². The van der Waals surface area contributed by atoms with Gasteiger partial charge in [-0.2, -0.15) is 13.2 Å². The van der Waals surface area contributed by atoms with Crippen molar-refractivity contribution in [1.29, 1.82) is 0 Å². The van der Waals surface area contributed by atoms with Crippen LogP contribution in [0.25, 0.3) is 0 Å². The maximum absolute atomic E-state index is 12.0. The Labute approximate surface area is 94.9 Å². The summed E-state index contributed by atoms with van der Waals surface area (Å²) in [7, 11) is 0. The lowest BCUT2D eigenvalue weighted by molar-refractivity contribution is -0.175. The maximum Gasteiger partial charge on any atom is 0.471 e. The van der Waals surface area contributed by atoms with Crippen molar-refractivity contribution in [3.63, 3.8) is 0 Å². The lowest BCUT2D eigenvalue weighted by atomic mass is 9.92. The third-order valence-corrected chi connectivity index (χ3v) is 2.48. The van der Waals surface area contributed by atoms with Crippen LogP contribution in [0, 0.1) is 5.92 Å². The fourth-order valence-electron chi connectivity index (χ4n) is 1.66. The first-order chi connectivity index (χ1) is 7.80. The Morgan fingerprint density at radius 3 is 2.59 bits per heavy atom. The molecule has 0 aromatic carbocycles. The van der Waals surface area contributed by atoms with Crippen LogP contribution in [0.4, 0.5) is 13.2 Å². The Kier molecular flexibility index (Phi) is 4.33. The van der Waals surface area contributed by atoms with E-state index < -0.39 is 30.0 Å². The minimum atomic E-state index is -4.95. The molecular formula is C9H12F3NO4. The van der Waals surface area contributed by atoms with Crippen LogP contribution in [0.1, 0.15) is 12.8 Å². The predicted octanol–water partition coefficient (Wildman–Crippen LogP) is 0.545. The van der Waals surface area contributed by atoms with E-state index in [0.717, 1.165) is 0 Å². The highest BCUT2D eigenvalue weighted by Crippen LogP contribution is 2.21. The Bertz CT molecular complexity index is 305. The van der Waals surface area contributed by atoms with Crippen molar-refractivity contribution in [1.82, 2.24) is 5.32 Å². The van der Waals surface area contributed by atoms with Crippen LogP contribution in [0.15, 0.2) is 0 Å². The van der Waals surface area contributed by atoms with Gasteiger partial charge in [0.05, 0.1) is 13.0 Å². The molecule has 2 unspecified atom stereocenters. The number of ether oxygens (including phenoxy) is 1. The molecule has 1 fully saturated rings. The third kappa shape index (κ3) is 4.22. The first kappa shape index (κ1) is 13.8. The summed E-state index contributed by atoms with van der Waals surface area (Å²) in [5, 5.41) is 10.4. The highest BCUT2D eigenvalue weighted by Gasteiger charge is 2.41. The van der Waals surface area contributed by atoms with Crippen LogP contribution in [0.2, 0.25) is 0 Å². The average Bonchev–Trinajstić information content (AvgIpc) is 2.18. The molecule has 1 rings (SSSR count). The van der Waals surface area contributed by atoms with Crippen LogP contribution >= 0.6 is 0 Å². The van der Waals surface area contributed by atoms with E-state index in [1.54, 1.807) is 5.32 Å². The van der Waals surface area contributed by atoms with E-state index in [0.29, 0.717) is 0 Å². The first-order valence-corrected chi connectivity index (χ1v) is 4.98. The highest BCUT2D eigenvalue weighted by molar-refractivity contribution is 5.82. The Hall–Kier alpha value is -1.31. The van der Waals surface area contributed by atoms with Gasteiger partial charge < -0.3 is 15.2 Å². The predicted molar refractivity (Wildman–Crippen MR) is 49.2 cm³/mol. The molecule has 2 atom stereocenters.